The summed E-state index contributed by atoms with van der Waals surface area (Å²) in [5.41, 5.74) is 3.86. The number of anilines is 1. The maximum atomic E-state index is 12.8. The molecule has 0 saturated carbocycles. The van der Waals surface area contributed by atoms with Crippen molar-refractivity contribution in [3.63, 3.8) is 0 Å². The van der Waals surface area contributed by atoms with Crippen molar-refractivity contribution < 1.29 is 14.7 Å². The Hall–Kier alpha value is -3.23. The van der Waals surface area contributed by atoms with Crippen molar-refractivity contribution in [2.24, 2.45) is 0 Å². The molecule has 6 nitrogen and oxygen atoms in total. The number of fused-ring (bicyclic) bond motifs is 1. The highest BCUT2D eigenvalue weighted by Gasteiger charge is 2.21. The Balaban J connectivity index is 1.64. The number of rotatable bonds is 6. The smallest absolute Gasteiger partial charge is 0.237 e. The molecule has 0 bridgehead atoms. The Bertz CT molecular complexity index is 1320. The van der Waals surface area contributed by atoms with Gasteiger partial charge in [-0.05, 0) is 44.5 Å². The van der Waals surface area contributed by atoms with Gasteiger partial charge in [-0.1, -0.05) is 41.6 Å². The second kappa shape index (κ2) is 9.10. The van der Waals surface area contributed by atoms with E-state index in [0.717, 1.165) is 26.4 Å². The van der Waals surface area contributed by atoms with Crippen LogP contribution in [0.2, 0.25) is 0 Å². The van der Waals surface area contributed by atoms with Crippen LogP contribution in [0.1, 0.15) is 28.7 Å². The molecule has 0 radical (unpaired) electrons. The highest BCUT2D eigenvalue weighted by molar-refractivity contribution is 8.00. The molecule has 1 unspecified atom stereocenters. The summed E-state index contributed by atoms with van der Waals surface area (Å²) in [7, 11) is 0. The maximum Gasteiger partial charge on any atom is 0.237 e. The van der Waals surface area contributed by atoms with Gasteiger partial charge in [-0.15, -0.1) is 11.3 Å². The molecule has 0 aliphatic rings. The monoisotopic (exact) mass is 463 g/mol. The number of hydrogen-bond acceptors (Lipinski definition) is 7. The summed E-state index contributed by atoms with van der Waals surface area (Å²) in [4.78, 5) is 34.0. The number of phenolic OH excluding ortho intramolecular Hbond substituents is 1. The minimum Gasteiger partial charge on any atom is -0.506 e. The Morgan fingerprint density at radius 3 is 2.62 bits per heavy atom. The standard InChI is InChI=1S/C24H21N3O3S2/c1-13-4-7-17(8-5-13)18-12-31-23-21(18)24(26-15(3)25-23)32-14(2)22(30)27-19-10-16(11-28)6-9-20(19)29/h4-12,14,29H,1-3H3,(H,27,30). The highest BCUT2D eigenvalue weighted by atomic mass is 32.2. The molecule has 2 aromatic carbocycles. The first-order valence-electron chi connectivity index (χ1n) is 9.94. The number of carbonyl (C=O) groups is 2. The van der Waals surface area contributed by atoms with E-state index in [9.17, 15) is 14.7 Å². The molecule has 1 atom stereocenters. The number of aromatic hydroxyl groups is 1. The van der Waals surface area contributed by atoms with Crippen LogP contribution >= 0.6 is 23.1 Å². The molecule has 2 N–H and O–H groups in total. The lowest BCUT2D eigenvalue weighted by molar-refractivity contribution is -0.115. The van der Waals surface area contributed by atoms with E-state index in [2.05, 4.69) is 44.9 Å². The van der Waals surface area contributed by atoms with Crippen LogP contribution in [0.3, 0.4) is 0 Å². The van der Waals surface area contributed by atoms with Crippen LogP contribution in [0.4, 0.5) is 5.69 Å². The van der Waals surface area contributed by atoms with E-state index < -0.39 is 5.25 Å². The Morgan fingerprint density at radius 2 is 1.91 bits per heavy atom. The highest BCUT2D eigenvalue weighted by Crippen LogP contribution is 2.39. The second-order valence-corrected chi connectivity index (χ2v) is 9.60. The number of thioether (sulfide) groups is 1. The van der Waals surface area contributed by atoms with Crippen molar-refractivity contribution in [1.29, 1.82) is 0 Å². The molecule has 2 aromatic heterocycles. The third-order valence-corrected chi connectivity index (χ3v) is 6.91. The molecule has 32 heavy (non-hydrogen) atoms. The number of benzene rings is 2. The number of hydrogen-bond donors (Lipinski definition) is 2. The van der Waals surface area contributed by atoms with E-state index in [1.807, 2.05) is 13.8 Å². The van der Waals surface area contributed by atoms with E-state index in [-0.39, 0.29) is 17.3 Å². The van der Waals surface area contributed by atoms with E-state index in [1.165, 1.54) is 35.5 Å². The van der Waals surface area contributed by atoms with Gasteiger partial charge in [0.25, 0.3) is 0 Å². The van der Waals surface area contributed by atoms with Crippen molar-refractivity contribution >= 4 is 51.2 Å². The van der Waals surface area contributed by atoms with Crippen LogP contribution in [0, 0.1) is 13.8 Å². The zero-order valence-corrected chi connectivity index (χ0v) is 19.4. The number of aldehydes is 1. The fourth-order valence-corrected chi connectivity index (χ4v) is 5.29. The van der Waals surface area contributed by atoms with E-state index >= 15 is 0 Å². The summed E-state index contributed by atoms with van der Waals surface area (Å²) in [5, 5.41) is 16.0. The quantitative estimate of drug-likeness (QED) is 0.167. The molecule has 2 heterocycles. The Kier molecular flexibility index (Phi) is 6.25. The topological polar surface area (TPSA) is 92.2 Å². The summed E-state index contributed by atoms with van der Waals surface area (Å²) in [5.74, 6) is 0.243. The fraction of sp³-hybridized carbons (Fsp3) is 0.167. The van der Waals surface area contributed by atoms with E-state index in [0.29, 0.717) is 17.7 Å². The van der Waals surface area contributed by atoms with Crippen molar-refractivity contribution in [2.75, 3.05) is 5.32 Å². The molecular formula is C24H21N3O3S2. The SMILES string of the molecule is Cc1ccc(-c2csc3nc(C)nc(SC(C)C(=O)Nc4cc(C=O)ccc4O)c23)cc1. The van der Waals surface area contributed by atoms with Crippen molar-refractivity contribution in [3.05, 3.63) is 64.8 Å². The molecule has 0 spiro atoms. The maximum absolute atomic E-state index is 12.8. The molecule has 4 aromatic rings. The number of thiophene rings is 1. The van der Waals surface area contributed by atoms with Crippen LogP contribution in [0.25, 0.3) is 21.3 Å². The number of aryl methyl sites for hydroxylation is 2. The molecular weight excluding hydrogens is 442 g/mol. The van der Waals surface area contributed by atoms with Gasteiger partial charge in [0, 0.05) is 16.5 Å². The molecule has 0 aliphatic carbocycles. The third kappa shape index (κ3) is 4.51. The fourth-order valence-electron chi connectivity index (χ4n) is 3.22. The first-order chi connectivity index (χ1) is 15.4. The second-order valence-electron chi connectivity index (χ2n) is 7.42. The third-order valence-electron chi connectivity index (χ3n) is 4.95. The number of carbonyl (C=O) groups excluding carboxylic acids is 2. The molecule has 8 heteroatoms. The number of nitrogens with zero attached hydrogens (tertiary/aromatic N) is 2. The van der Waals surface area contributed by atoms with Crippen LogP contribution in [-0.2, 0) is 4.79 Å². The normalized spacial score (nSPS) is 12.0. The molecule has 162 valence electrons. The molecule has 0 aliphatic heterocycles. The van der Waals surface area contributed by atoms with E-state index in [1.54, 1.807) is 18.3 Å². The Labute approximate surface area is 193 Å². The Morgan fingerprint density at radius 1 is 1.16 bits per heavy atom. The van der Waals surface area contributed by atoms with Gasteiger partial charge in [0.15, 0.2) is 0 Å². The van der Waals surface area contributed by atoms with Gasteiger partial charge in [0.05, 0.1) is 16.3 Å². The minimum atomic E-state index is -0.502. The van der Waals surface area contributed by atoms with Gasteiger partial charge in [0.1, 0.15) is 27.7 Å². The summed E-state index contributed by atoms with van der Waals surface area (Å²) in [6.45, 7) is 5.66. The average molecular weight is 464 g/mol. The summed E-state index contributed by atoms with van der Waals surface area (Å²) in [6, 6.07) is 12.6. The molecule has 0 saturated heterocycles. The minimum absolute atomic E-state index is 0.0964. The number of phenols is 1. The summed E-state index contributed by atoms with van der Waals surface area (Å²) in [6.07, 6.45) is 0.664. The first kappa shape index (κ1) is 22.0. The number of nitrogens with one attached hydrogen (secondary N) is 1. The van der Waals surface area contributed by atoms with Crippen LogP contribution in [0.5, 0.6) is 5.75 Å². The summed E-state index contributed by atoms with van der Waals surface area (Å²) >= 11 is 2.89. The first-order valence-corrected chi connectivity index (χ1v) is 11.7. The number of aromatic nitrogens is 2. The zero-order valence-electron chi connectivity index (χ0n) is 17.7. The lowest BCUT2D eigenvalue weighted by Gasteiger charge is -2.14. The van der Waals surface area contributed by atoms with Gasteiger partial charge in [-0.3, -0.25) is 9.59 Å². The molecule has 0 fully saturated rings. The van der Waals surface area contributed by atoms with Gasteiger partial charge in [0.2, 0.25) is 5.91 Å². The molecule has 1 amide bonds. The van der Waals surface area contributed by atoms with Gasteiger partial charge < -0.3 is 10.4 Å². The predicted molar refractivity (Wildman–Crippen MR) is 130 cm³/mol. The zero-order chi connectivity index (χ0) is 22.8. The van der Waals surface area contributed by atoms with Crippen molar-refractivity contribution in [3.8, 4) is 16.9 Å². The van der Waals surface area contributed by atoms with Crippen molar-refractivity contribution in [2.45, 2.75) is 31.0 Å². The van der Waals surface area contributed by atoms with Gasteiger partial charge in [-0.2, -0.15) is 0 Å². The predicted octanol–water partition coefficient (Wildman–Crippen LogP) is 5.61. The van der Waals surface area contributed by atoms with Crippen LogP contribution in [-0.4, -0.2) is 32.5 Å². The van der Waals surface area contributed by atoms with Crippen molar-refractivity contribution in [1.82, 2.24) is 9.97 Å². The lowest BCUT2D eigenvalue weighted by Crippen LogP contribution is -2.22. The lowest BCUT2D eigenvalue weighted by atomic mass is 10.1. The van der Waals surface area contributed by atoms with E-state index in [4.69, 9.17) is 0 Å². The molecule has 4 rings (SSSR count). The number of amides is 1. The van der Waals surface area contributed by atoms with Crippen LogP contribution < -0.4 is 5.32 Å². The summed E-state index contributed by atoms with van der Waals surface area (Å²) < 4.78 is 0. The van der Waals surface area contributed by atoms with Gasteiger partial charge >= 0.3 is 0 Å². The largest absolute Gasteiger partial charge is 0.506 e. The van der Waals surface area contributed by atoms with Gasteiger partial charge in [-0.25, -0.2) is 9.97 Å². The average Bonchev–Trinajstić information content (AvgIpc) is 3.19. The van der Waals surface area contributed by atoms with Crippen LogP contribution in [0.15, 0.2) is 52.9 Å².